The van der Waals surface area contributed by atoms with E-state index >= 15 is 0 Å². The standard InChI is InChI=1S/C14H23N3O2S/c1-3-10-17(13-8-9-16-11-13)12-4-6-14(7-5-12)20(18,19)15-2/h4-7,13,15-16H,3,8-11H2,1-2H3. The highest BCUT2D eigenvalue weighted by Crippen LogP contribution is 2.22. The van der Waals surface area contributed by atoms with Gasteiger partial charge in [0.2, 0.25) is 10.0 Å². The highest BCUT2D eigenvalue weighted by Gasteiger charge is 2.22. The van der Waals surface area contributed by atoms with Crippen molar-refractivity contribution in [2.75, 3.05) is 31.6 Å². The summed E-state index contributed by atoms with van der Waals surface area (Å²) in [5.41, 5.74) is 1.09. The van der Waals surface area contributed by atoms with Gasteiger partial charge in [-0.15, -0.1) is 0 Å². The fourth-order valence-corrected chi connectivity index (χ4v) is 3.33. The zero-order valence-electron chi connectivity index (χ0n) is 12.1. The first-order chi connectivity index (χ1) is 9.58. The van der Waals surface area contributed by atoms with Gasteiger partial charge in [-0.3, -0.25) is 0 Å². The van der Waals surface area contributed by atoms with Gasteiger partial charge in [-0.05, 0) is 50.7 Å². The van der Waals surface area contributed by atoms with E-state index in [1.54, 1.807) is 12.1 Å². The van der Waals surface area contributed by atoms with Crippen LogP contribution in [-0.4, -0.2) is 41.1 Å². The van der Waals surface area contributed by atoms with Crippen LogP contribution in [0, 0.1) is 0 Å². The Hall–Kier alpha value is -1.11. The van der Waals surface area contributed by atoms with Crippen LogP contribution < -0.4 is 14.9 Å². The minimum absolute atomic E-state index is 0.310. The molecule has 1 atom stereocenters. The van der Waals surface area contributed by atoms with Gasteiger partial charge in [-0.1, -0.05) is 6.92 Å². The van der Waals surface area contributed by atoms with Crippen LogP contribution in [0.4, 0.5) is 5.69 Å². The van der Waals surface area contributed by atoms with Gasteiger partial charge in [0.15, 0.2) is 0 Å². The molecule has 1 aromatic carbocycles. The third-order valence-electron chi connectivity index (χ3n) is 3.69. The highest BCUT2D eigenvalue weighted by atomic mass is 32.2. The Morgan fingerprint density at radius 1 is 1.35 bits per heavy atom. The van der Waals surface area contributed by atoms with Crippen LogP contribution in [0.3, 0.4) is 0 Å². The molecule has 1 aromatic rings. The zero-order chi connectivity index (χ0) is 14.6. The van der Waals surface area contributed by atoms with Crippen molar-refractivity contribution in [3.05, 3.63) is 24.3 Å². The van der Waals surface area contributed by atoms with Gasteiger partial charge >= 0.3 is 0 Å². The lowest BCUT2D eigenvalue weighted by molar-refractivity contribution is 0.588. The maximum atomic E-state index is 11.7. The lowest BCUT2D eigenvalue weighted by atomic mass is 10.1. The number of rotatable bonds is 6. The lowest BCUT2D eigenvalue weighted by Gasteiger charge is -2.30. The number of benzene rings is 1. The molecule has 112 valence electrons. The van der Waals surface area contributed by atoms with Gasteiger partial charge < -0.3 is 10.2 Å². The summed E-state index contributed by atoms with van der Waals surface area (Å²) in [6.07, 6.45) is 2.21. The minimum atomic E-state index is -3.35. The van der Waals surface area contributed by atoms with Gasteiger partial charge in [0.25, 0.3) is 0 Å². The first-order valence-electron chi connectivity index (χ1n) is 7.09. The average molecular weight is 297 g/mol. The van der Waals surface area contributed by atoms with Crippen molar-refractivity contribution in [3.8, 4) is 0 Å². The number of hydrogen-bond acceptors (Lipinski definition) is 4. The maximum Gasteiger partial charge on any atom is 0.240 e. The molecule has 6 heteroatoms. The van der Waals surface area contributed by atoms with Crippen molar-refractivity contribution in [2.45, 2.75) is 30.7 Å². The van der Waals surface area contributed by atoms with Crippen LogP contribution in [0.1, 0.15) is 19.8 Å². The van der Waals surface area contributed by atoms with Crippen molar-refractivity contribution in [2.24, 2.45) is 0 Å². The van der Waals surface area contributed by atoms with E-state index in [2.05, 4.69) is 21.9 Å². The van der Waals surface area contributed by atoms with Gasteiger partial charge in [0.1, 0.15) is 0 Å². The molecule has 0 aromatic heterocycles. The normalized spacial score (nSPS) is 19.2. The second kappa shape index (κ2) is 6.56. The molecule has 1 aliphatic rings. The summed E-state index contributed by atoms with van der Waals surface area (Å²) in [6.45, 7) is 5.20. The molecular formula is C14H23N3O2S. The van der Waals surface area contributed by atoms with E-state index in [4.69, 9.17) is 0 Å². The van der Waals surface area contributed by atoms with Crippen LogP contribution in [0.15, 0.2) is 29.2 Å². The Morgan fingerprint density at radius 3 is 2.55 bits per heavy atom. The molecule has 0 amide bonds. The Morgan fingerprint density at radius 2 is 2.05 bits per heavy atom. The fraction of sp³-hybridized carbons (Fsp3) is 0.571. The molecule has 0 bridgehead atoms. The molecule has 0 radical (unpaired) electrons. The molecule has 1 heterocycles. The Bertz CT molecular complexity index is 522. The van der Waals surface area contributed by atoms with Gasteiger partial charge in [-0.25, -0.2) is 13.1 Å². The van der Waals surface area contributed by atoms with Gasteiger partial charge in [-0.2, -0.15) is 0 Å². The van der Waals surface area contributed by atoms with Crippen molar-refractivity contribution >= 4 is 15.7 Å². The van der Waals surface area contributed by atoms with Crippen molar-refractivity contribution in [1.82, 2.24) is 10.0 Å². The predicted octanol–water partition coefficient (Wildman–Crippen LogP) is 1.17. The number of hydrogen-bond donors (Lipinski definition) is 2. The second-order valence-electron chi connectivity index (χ2n) is 5.04. The van der Waals surface area contributed by atoms with Crippen molar-refractivity contribution in [1.29, 1.82) is 0 Å². The summed E-state index contributed by atoms with van der Waals surface area (Å²) in [4.78, 5) is 2.68. The Labute approximate surface area is 121 Å². The number of nitrogens with one attached hydrogen (secondary N) is 2. The average Bonchev–Trinajstić information content (AvgIpc) is 2.99. The number of nitrogens with zero attached hydrogens (tertiary/aromatic N) is 1. The molecule has 1 aliphatic heterocycles. The van der Waals surface area contributed by atoms with Crippen LogP contribution in [-0.2, 0) is 10.0 Å². The maximum absolute atomic E-state index is 11.7. The molecule has 20 heavy (non-hydrogen) atoms. The van der Waals surface area contributed by atoms with Crippen LogP contribution >= 0.6 is 0 Å². The molecule has 0 aliphatic carbocycles. The predicted molar refractivity (Wildman–Crippen MR) is 81.6 cm³/mol. The van der Waals surface area contributed by atoms with Crippen LogP contribution in [0.5, 0.6) is 0 Å². The van der Waals surface area contributed by atoms with Gasteiger partial charge in [0.05, 0.1) is 4.90 Å². The van der Waals surface area contributed by atoms with Gasteiger partial charge in [0, 0.05) is 24.8 Å². The third-order valence-corrected chi connectivity index (χ3v) is 5.12. The van der Waals surface area contributed by atoms with E-state index < -0.39 is 10.0 Å². The fourth-order valence-electron chi connectivity index (χ4n) is 2.60. The molecule has 1 fully saturated rings. The molecular weight excluding hydrogens is 274 g/mol. The Balaban J connectivity index is 2.21. The SMILES string of the molecule is CCCN(c1ccc(S(=O)(=O)NC)cc1)C1CCNC1. The van der Waals surface area contributed by atoms with Crippen molar-refractivity contribution in [3.63, 3.8) is 0 Å². The summed E-state index contributed by atoms with van der Waals surface area (Å²) in [6, 6.07) is 7.65. The van der Waals surface area contributed by atoms with Crippen molar-refractivity contribution < 1.29 is 8.42 Å². The quantitative estimate of drug-likeness (QED) is 0.827. The third kappa shape index (κ3) is 3.31. The summed E-state index contributed by atoms with van der Waals surface area (Å²) < 4.78 is 25.8. The van der Waals surface area contributed by atoms with Crippen LogP contribution in [0.2, 0.25) is 0 Å². The Kier molecular flexibility index (Phi) is 5.01. The van der Waals surface area contributed by atoms with E-state index in [-0.39, 0.29) is 0 Å². The highest BCUT2D eigenvalue weighted by molar-refractivity contribution is 7.89. The van der Waals surface area contributed by atoms with E-state index in [0.29, 0.717) is 10.9 Å². The molecule has 1 saturated heterocycles. The molecule has 0 saturated carbocycles. The molecule has 0 spiro atoms. The van der Waals surface area contributed by atoms with E-state index in [0.717, 1.165) is 38.2 Å². The van der Waals surface area contributed by atoms with E-state index in [9.17, 15) is 8.42 Å². The van der Waals surface area contributed by atoms with Crippen LogP contribution in [0.25, 0.3) is 0 Å². The summed E-state index contributed by atoms with van der Waals surface area (Å²) in [7, 11) is -1.93. The summed E-state index contributed by atoms with van der Waals surface area (Å²) in [5.74, 6) is 0. The molecule has 1 unspecified atom stereocenters. The monoisotopic (exact) mass is 297 g/mol. The summed E-state index contributed by atoms with van der Waals surface area (Å²) >= 11 is 0. The lowest BCUT2D eigenvalue weighted by Crippen LogP contribution is -2.37. The second-order valence-corrected chi connectivity index (χ2v) is 6.93. The molecule has 2 rings (SSSR count). The largest absolute Gasteiger partial charge is 0.367 e. The zero-order valence-corrected chi connectivity index (χ0v) is 12.9. The first-order valence-corrected chi connectivity index (χ1v) is 8.57. The number of anilines is 1. The summed E-state index contributed by atoms with van der Waals surface area (Å²) in [5, 5.41) is 3.38. The van der Waals surface area contributed by atoms with E-state index in [1.807, 2.05) is 12.1 Å². The van der Waals surface area contributed by atoms with E-state index in [1.165, 1.54) is 7.05 Å². The smallest absolute Gasteiger partial charge is 0.240 e. The molecule has 5 nitrogen and oxygen atoms in total. The number of sulfonamides is 1. The topological polar surface area (TPSA) is 61.4 Å². The molecule has 2 N–H and O–H groups in total. The minimum Gasteiger partial charge on any atom is -0.367 e. The first kappa shape index (κ1) is 15.3.